The summed E-state index contributed by atoms with van der Waals surface area (Å²) in [6.07, 6.45) is 3.26. The number of carbonyl (C=O) groups excluding carboxylic acids is 1. The molecule has 0 amide bonds. The van der Waals surface area contributed by atoms with E-state index in [2.05, 4.69) is 27.7 Å². The molecule has 1 aliphatic carbocycles. The Hall–Kier alpha value is -0.370. The van der Waals surface area contributed by atoms with Crippen LogP contribution in [0.5, 0.6) is 0 Å². The highest BCUT2D eigenvalue weighted by Gasteiger charge is 2.46. The molecule has 0 bridgehead atoms. The van der Waals surface area contributed by atoms with E-state index in [-0.39, 0.29) is 11.0 Å². The van der Waals surface area contributed by atoms with E-state index in [1.54, 1.807) is 0 Å². The molecule has 0 radical (unpaired) electrons. The van der Waals surface area contributed by atoms with Crippen LogP contribution in [0.4, 0.5) is 0 Å². The average Bonchev–Trinajstić information content (AvgIpc) is 2.08. The summed E-state index contributed by atoms with van der Waals surface area (Å²) in [6, 6.07) is 0. The van der Waals surface area contributed by atoms with E-state index in [4.69, 9.17) is 4.74 Å². The van der Waals surface area contributed by atoms with Crippen LogP contribution in [0, 0.1) is 5.41 Å². The summed E-state index contributed by atoms with van der Waals surface area (Å²) >= 11 is 0. The smallest absolute Gasteiger partial charge is 0.133 e. The van der Waals surface area contributed by atoms with Crippen molar-refractivity contribution in [3.8, 4) is 0 Å². The maximum Gasteiger partial charge on any atom is 0.133 e. The van der Waals surface area contributed by atoms with Gasteiger partial charge in [-0.3, -0.25) is 4.79 Å². The van der Waals surface area contributed by atoms with Gasteiger partial charge >= 0.3 is 0 Å². The van der Waals surface area contributed by atoms with E-state index < -0.39 is 0 Å². The molecule has 0 spiro atoms. The Morgan fingerprint density at radius 1 is 1.36 bits per heavy atom. The Balaban J connectivity index is 2.70. The van der Waals surface area contributed by atoms with Crippen molar-refractivity contribution >= 4 is 5.78 Å². The summed E-state index contributed by atoms with van der Waals surface area (Å²) in [5, 5.41) is 0. The minimum absolute atomic E-state index is 0.0164. The monoisotopic (exact) mass is 198 g/mol. The number of ketones is 1. The molecule has 82 valence electrons. The summed E-state index contributed by atoms with van der Waals surface area (Å²) in [5.74, 6) is 0.382. The minimum Gasteiger partial charge on any atom is -0.375 e. The van der Waals surface area contributed by atoms with Crippen LogP contribution in [0.1, 0.15) is 53.4 Å². The van der Waals surface area contributed by atoms with Gasteiger partial charge in [0, 0.05) is 24.9 Å². The molecule has 14 heavy (non-hydrogen) atoms. The Labute approximate surface area is 87.0 Å². The van der Waals surface area contributed by atoms with E-state index in [1.807, 2.05) is 0 Å². The zero-order valence-electron chi connectivity index (χ0n) is 9.85. The lowest BCUT2D eigenvalue weighted by Crippen LogP contribution is -2.49. The van der Waals surface area contributed by atoms with Crippen molar-refractivity contribution in [2.75, 3.05) is 6.61 Å². The molecular formula is C12H22O2. The van der Waals surface area contributed by atoms with Gasteiger partial charge in [0.25, 0.3) is 0 Å². The fourth-order valence-corrected chi connectivity index (χ4v) is 2.08. The van der Waals surface area contributed by atoms with Gasteiger partial charge in [0.15, 0.2) is 0 Å². The van der Waals surface area contributed by atoms with E-state index >= 15 is 0 Å². The largest absolute Gasteiger partial charge is 0.375 e. The van der Waals surface area contributed by atoms with Crippen molar-refractivity contribution < 1.29 is 9.53 Å². The number of hydrogen-bond acceptors (Lipinski definition) is 2. The Kier molecular flexibility index (Phi) is 3.36. The predicted molar refractivity (Wildman–Crippen MR) is 57.3 cm³/mol. The third-order valence-corrected chi connectivity index (χ3v) is 3.58. The molecule has 1 rings (SSSR count). The molecule has 0 heterocycles. The Morgan fingerprint density at radius 3 is 2.50 bits per heavy atom. The maximum absolute atomic E-state index is 11.4. The van der Waals surface area contributed by atoms with Gasteiger partial charge in [-0.05, 0) is 19.8 Å². The van der Waals surface area contributed by atoms with Gasteiger partial charge in [-0.1, -0.05) is 20.8 Å². The predicted octanol–water partition coefficient (Wildman–Crippen LogP) is 2.95. The molecule has 0 aliphatic heterocycles. The first-order chi connectivity index (χ1) is 6.41. The zero-order chi connectivity index (χ0) is 10.8. The molecule has 0 aromatic carbocycles. The highest BCUT2D eigenvalue weighted by Crippen LogP contribution is 2.44. The lowest BCUT2D eigenvalue weighted by Gasteiger charge is -2.47. The molecule has 0 aromatic heterocycles. The van der Waals surface area contributed by atoms with Crippen molar-refractivity contribution in [3.63, 3.8) is 0 Å². The quantitative estimate of drug-likeness (QED) is 0.697. The van der Waals surface area contributed by atoms with Gasteiger partial charge in [0.05, 0.1) is 5.60 Å². The SMILES string of the molecule is CCCOC1(C)CCC(=O)CC1(C)C. The van der Waals surface area contributed by atoms with Crippen LogP contribution in [0.3, 0.4) is 0 Å². The third kappa shape index (κ3) is 2.17. The second-order valence-corrected chi connectivity index (χ2v) is 5.18. The van der Waals surface area contributed by atoms with E-state index in [9.17, 15) is 4.79 Å². The highest BCUT2D eigenvalue weighted by molar-refractivity contribution is 5.80. The van der Waals surface area contributed by atoms with Gasteiger partial charge in [0.2, 0.25) is 0 Å². The lowest BCUT2D eigenvalue weighted by molar-refractivity contribution is -0.153. The van der Waals surface area contributed by atoms with E-state index in [0.717, 1.165) is 19.4 Å². The third-order valence-electron chi connectivity index (χ3n) is 3.58. The Morgan fingerprint density at radius 2 is 2.00 bits per heavy atom. The van der Waals surface area contributed by atoms with Crippen LogP contribution in [-0.2, 0) is 9.53 Å². The van der Waals surface area contributed by atoms with Crippen molar-refractivity contribution in [3.05, 3.63) is 0 Å². The number of Topliss-reactive ketones (excluding diaryl/α,β-unsaturated/α-hetero) is 1. The van der Waals surface area contributed by atoms with E-state index in [1.165, 1.54) is 0 Å². The lowest BCUT2D eigenvalue weighted by atomic mass is 9.66. The van der Waals surface area contributed by atoms with Crippen molar-refractivity contribution in [2.24, 2.45) is 5.41 Å². The second kappa shape index (κ2) is 4.01. The summed E-state index contributed by atoms with van der Waals surface area (Å²) in [6.45, 7) is 9.34. The van der Waals surface area contributed by atoms with Gasteiger partial charge in [-0.25, -0.2) is 0 Å². The summed E-state index contributed by atoms with van der Waals surface area (Å²) in [4.78, 5) is 11.4. The molecule has 2 heteroatoms. The molecule has 1 saturated carbocycles. The van der Waals surface area contributed by atoms with Crippen LogP contribution >= 0.6 is 0 Å². The van der Waals surface area contributed by atoms with Crippen molar-refractivity contribution in [2.45, 2.75) is 59.0 Å². The molecular weight excluding hydrogens is 176 g/mol. The standard InChI is InChI=1S/C12H22O2/c1-5-8-14-12(4)7-6-10(13)9-11(12,2)3/h5-9H2,1-4H3. The van der Waals surface area contributed by atoms with Crippen molar-refractivity contribution in [1.29, 1.82) is 0 Å². The fourth-order valence-electron chi connectivity index (χ4n) is 2.08. The second-order valence-electron chi connectivity index (χ2n) is 5.18. The number of hydrogen-bond donors (Lipinski definition) is 0. The summed E-state index contributed by atoms with van der Waals surface area (Å²) in [5.41, 5.74) is -0.131. The van der Waals surface area contributed by atoms with Gasteiger partial charge in [0.1, 0.15) is 5.78 Å². The van der Waals surface area contributed by atoms with Gasteiger partial charge in [-0.15, -0.1) is 0 Å². The first-order valence-corrected chi connectivity index (χ1v) is 5.57. The topological polar surface area (TPSA) is 26.3 Å². The molecule has 0 aromatic rings. The fraction of sp³-hybridized carbons (Fsp3) is 0.917. The van der Waals surface area contributed by atoms with Crippen LogP contribution in [0.15, 0.2) is 0 Å². The van der Waals surface area contributed by atoms with Crippen LogP contribution < -0.4 is 0 Å². The van der Waals surface area contributed by atoms with Gasteiger partial charge < -0.3 is 4.74 Å². The first kappa shape index (κ1) is 11.7. The molecule has 1 unspecified atom stereocenters. The number of carbonyl (C=O) groups is 1. The number of rotatable bonds is 3. The van der Waals surface area contributed by atoms with Crippen LogP contribution in [0.2, 0.25) is 0 Å². The van der Waals surface area contributed by atoms with E-state index in [0.29, 0.717) is 18.6 Å². The molecule has 1 fully saturated rings. The molecule has 1 atom stereocenters. The highest BCUT2D eigenvalue weighted by atomic mass is 16.5. The average molecular weight is 198 g/mol. The summed E-state index contributed by atoms with van der Waals surface area (Å²) < 4.78 is 5.93. The minimum atomic E-state index is -0.114. The maximum atomic E-state index is 11.4. The van der Waals surface area contributed by atoms with Gasteiger partial charge in [-0.2, -0.15) is 0 Å². The first-order valence-electron chi connectivity index (χ1n) is 5.57. The normalized spacial score (nSPS) is 31.9. The zero-order valence-corrected chi connectivity index (χ0v) is 9.85. The summed E-state index contributed by atoms with van der Waals surface area (Å²) in [7, 11) is 0. The van der Waals surface area contributed by atoms with Crippen LogP contribution in [0.25, 0.3) is 0 Å². The molecule has 1 aliphatic rings. The molecule has 0 N–H and O–H groups in total. The van der Waals surface area contributed by atoms with Crippen molar-refractivity contribution in [1.82, 2.24) is 0 Å². The van der Waals surface area contributed by atoms with Crippen LogP contribution in [-0.4, -0.2) is 18.0 Å². The number of ether oxygens (including phenoxy) is 1. The molecule has 0 saturated heterocycles. The molecule has 2 nitrogen and oxygen atoms in total. The Bertz CT molecular complexity index is 220.